The fourth-order valence-electron chi connectivity index (χ4n) is 4.19. The predicted octanol–water partition coefficient (Wildman–Crippen LogP) is 2.89. The number of carbonyl (C=O) groups excluding carboxylic acids is 1. The standard InChI is InChI=1S/C23H25F2N5O3/c1-15-7-18-9-26-30(12-21(24)25)20(18)8-19(15)28(14-23(32)33)13-22(31)27(2)29-10-16-5-3-4-6-17(16)11-29/h3-9,21H,10-14H2,1-2H3,(H,32,33). The van der Waals surface area contributed by atoms with E-state index in [-0.39, 0.29) is 12.5 Å². The number of aryl methyl sites for hydroxylation is 1. The van der Waals surface area contributed by atoms with Gasteiger partial charge >= 0.3 is 5.97 Å². The predicted molar refractivity (Wildman–Crippen MR) is 119 cm³/mol. The first-order valence-corrected chi connectivity index (χ1v) is 10.5. The second kappa shape index (κ2) is 9.14. The highest BCUT2D eigenvalue weighted by molar-refractivity contribution is 5.88. The highest BCUT2D eigenvalue weighted by Gasteiger charge is 2.27. The van der Waals surface area contributed by atoms with Gasteiger partial charge in [-0.3, -0.25) is 19.3 Å². The van der Waals surface area contributed by atoms with Gasteiger partial charge in [-0.2, -0.15) is 5.10 Å². The first kappa shape index (κ1) is 22.7. The number of alkyl halides is 2. The van der Waals surface area contributed by atoms with Crippen LogP contribution in [0, 0.1) is 6.92 Å². The van der Waals surface area contributed by atoms with Crippen LogP contribution in [0.15, 0.2) is 42.6 Å². The van der Waals surface area contributed by atoms with Gasteiger partial charge in [0.1, 0.15) is 13.1 Å². The van der Waals surface area contributed by atoms with Crippen LogP contribution in [0.2, 0.25) is 0 Å². The summed E-state index contributed by atoms with van der Waals surface area (Å²) in [5, 5.41) is 17.6. The van der Waals surface area contributed by atoms with Crippen LogP contribution in [-0.2, 0) is 29.2 Å². The third-order valence-corrected chi connectivity index (χ3v) is 5.87. The van der Waals surface area contributed by atoms with Crippen LogP contribution in [0.4, 0.5) is 14.5 Å². The summed E-state index contributed by atoms with van der Waals surface area (Å²) in [6.07, 6.45) is -1.08. The van der Waals surface area contributed by atoms with Gasteiger partial charge in [0, 0.05) is 31.2 Å². The number of anilines is 1. The average Bonchev–Trinajstić information content (AvgIpc) is 3.35. The molecule has 33 heavy (non-hydrogen) atoms. The Morgan fingerprint density at radius 2 is 1.82 bits per heavy atom. The van der Waals surface area contributed by atoms with Crippen molar-refractivity contribution in [2.75, 3.05) is 25.0 Å². The molecule has 1 N–H and O–H groups in total. The maximum absolute atomic E-state index is 13.1. The minimum atomic E-state index is -2.58. The van der Waals surface area contributed by atoms with E-state index in [0.717, 1.165) is 16.7 Å². The van der Waals surface area contributed by atoms with Crippen LogP contribution in [0.25, 0.3) is 10.9 Å². The number of aromatic nitrogens is 2. The zero-order chi connectivity index (χ0) is 23.7. The molecule has 0 saturated carbocycles. The molecule has 1 amide bonds. The molecule has 0 atom stereocenters. The topological polar surface area (TPSA) is 81.9 Å². The van der Waals surface area contributed by atoms with E-state index < -0.39 is 25.5 Å². The van der Waals surface area contributed by atoms with Crippen LogP contribution < -0.4 is 4.90 Å². The van der Waals surface area contributed by atoms with Gasteiger partial charge in [-0.25, -0.2) is 13.8 Å². The lowest BCUT2D eigenvalue weighted by atomic mass is 10.1. The van der Waals surface area contributed by atoms with E-state index in [1.807, 2.05) is 29.3 Å². The number of amides is 1. The summed E-state index contributed by atoms with van der Waals surface area (Å²) in [5.41, 5.74) is 3.97. The number of carboxylic acid groups (broad SMARTS) is 1. The number of hydrazine groups is 1. The second-order valence-electron chi connectivity index (χ2n) is 8.17. The molecule has 0 radical (unpaired) electrons. The maximum atomic E-state index is 13.1. The molecule has 0 saturated heterocycles. The summed E-state index contributed by atoms with van der Waals surface area (Å²) in [4.78, 5) is 26.2. The number of benzene rings is 2. The average molecular weight is 457 g/mol. The normalized spacial score (nSPS) is 13.5. The Morgan fingerprint density at radius 3 is 2.42 bits per heavy atom. The zero-order valence-corrected chi connectivity index (χ0v) is 18.4. The lowest BCUT2D eigenvalue weighted by Crippen LogP contribution is -2.47. The molecular weight excluding hydrogens is 432 g/mol. The van der Waals surface area contributed by atoms with Gasteiger partial charge in [-0.05, 0) is 35.7 Å². The number of hydrogen-bond donors (Lipinski definition) is 1. The van der Waals surface area contributed by atoms with E-state index in [1.165, 1.54) is 20.8 Å². The van der Waals surface area contributed by atoms with Crippen LogP contribution in [0.3, 0.4) is 0 Å². The molecule has 10 heteroatoms. The molecule has 1 aliphatic heterocycles. The fourth-order valence-corrected chi connectivity index (χ4v) is 4.19. The number of carboxylic acids is 1. The second-order valence-corrected chi connectivity index (χ2v) is 8.17. The molecule has 3 aromatic rings. The molecule has 0 fully saturated rings. The van der Waals surface area contributed by atoms with Crippen molar-refractivity contribution in [1.82, 2.24) is 19.8 Å². The monoisotopic (exact) mass is 457 g/mol. The minimum Gasteiger partial charge on any atom is -0.480 e. The number of carbonyl (C=O) groups is 2. The highest BCUT2D eigenvalue weighted by Crippen LogP contribution is 2.28. The molecule has 1 aromatic heterocycles. The van der Waals surface area contributed by atoms with Crippen LogP contribution in [-0.4, -0.2) is 63.3 Å². The van der Waals surface area contributed by atoms with Gasteiger partial charge in [-0.15, -0.1) is 0 Å². The zero-order valence-electron chi connectivity index (χ0n) is 18.4. The molecule has 0 unspecified atom stereocenters. The van der Waals surface area contributed by atoms with Gasteiger partial charge < -0.3 is 10.0 Å². The molecule has 8 nitrogen and oxygen atoms in total. The number of rotatable bonds is 8. The Bertz CT molecular complexity index is 1170. The summed E-state index contributed by atoms with van der Waals surface area (Å²) in [6.45, 7) is 1.83. The van der Waals surface area contributed by atoms with E-state index in [4.69, 9.17) is 0 Å². The Kier molecular flexibility index (Phi) is 6.28. The summed E-state index contributed by atoms with van der Waals surface area (Å²) in [7, 11) is 1.67. The smallest absolute Gasteiger partial charge is 0.323 e. The van der Waals surface area contributed by atoms with E-state index in [9.17, 15) is 23.5 Å². The molecule has 0 bridgehead atoms. The molecule has 2 aromatic carbocycles. The van der Waals surface area contributed by atoms with Crippen LogP contribution in [0.5, 0.6) is 0 Å². The van der Waals surface area contributed by atoms with Crippen molar-refractivity contribution in [3.63, 3.8) is 0 Å². The summed E-state index contributed by atoms with van der Waals surface area (Å²) >= 11 is 0. The van der Waals surface area contributed by atoms with Crippen molar-refractivity contribution < 1.29 is 23.5 Å². The molecular formula is C23H25F2N5O3. The first-order chi connectivity index (χ1) is 15.7. The van der Waals surface area contributed by atoms with E-state index in [2.05, 4.69) is 5.10 Å². The molecule has 0 aliphatic carbocycles. The summed E-state index contributed by atoms with van der Waals surface area (Å²) in [5.74, 6) is -1.37. The Balaban J connectivity index is 1.58. The largest absolute Gasteiger partial charge is 0.480 e. The number of nitrogens with zero attached hydrogens (tertiary/aromatic N) is 5. The van der Waals surface area contributed by atoms with Gasteiger partial charge in [0.05, 0.1) is 18.3 Å². The van der Waals surface area contributed by atoms with Gasteiger partial charge in [0.25, 0.3) is 12.3 Å². The Hall–Kier alpha value is -3.53. The molecule has 2 heterocycles. The van der Waals surface area contributed by atoms with Crippen molar-refractivity contribution in [2.45, 2.75) is 33.0 Å². The number of aliphatic carboxylic acids is 1. The number of likely N-dealkylation sites (N-methyl/N-ethyl adjacent to an activating group) is 1. The Morgan fingerprint density at radius 1 is 1.15 bits per heavy atom. The lowest BCUT2D eigenvalue weighted by Gasteiger charge is -2.31. The summed E-state index contributed by atoms with van der Waals surface area (Å²) in [6, 6.07) is 11.3. The third kappa shape index (κ3) is 4.80. The molecule has 1 aliphatic rings. The number of halogens is 2. The van der Waals surface area contributed by atoms with Crippen molar-refractivity contribution >= 4 is 28.5 Å². The molecule has 4 rings (SSSR count). The van der Waals surface area contributed by atoms with Gasteiger partial charge in [0.15, 0.2) is 0 Å². The first-order valence-electron chi connectivity index (χ1n) is 10.5. The van der Waals surface area contributed by atoms with Crippen molar-refractivity contribution in [1.29, 1.82) is 0 Å². The van der Waals surface area contributed by atoms with Crippen LogP contribution >= 0.6 is 0 Å². The lowest BCUT2D eigenvalue weighted by molar-refractivity contribution is -0.145. The Labute approximate surface area is 189 Å². The van der Waals surface area contributed by atoms with Crippen molar-refractivity contribution in [3.05, 3.63) is 59.3 Å². The van der Waals surface area contributed by atoms with Crippen molar-refractivity contribution in [2.24, 2.45) is 0 Å². The number of fused-ring (bicyclic) bond motifs is 2. The highest BCUT2D eigenvalue weighted by atomic mass is 19.3. The van der Waals surface area contributed by atoms with Gasteiger partial charge in [0.2, 0.25) is 0 Å². The maximum Gasteiger partial charge on any atom is 0.323 e. The third-order valence-electron chi connectivity index (χ3n) is 5.87. The van der Waals surface area contributed by atoms with Crippen LogP contribution in [0.1, 0.15) is 16.7 Å². The quantitative estimate of drug-likeness (QED) is 0.560. The summed E-state index contributed by atoms with van der Waals surface area (Å²) < 4.78 is 27.1. The van der Waals surface area contributed by atoms with E-state index in [1.54, 1.807) is 26.1 Å². The van der Waals surface area contributed by atoms with E-state index >= 15 is 0 Å². The van der Waals surface area contributed by atoms with Gasteiger partial charge in [-0.1, -0.05) is 24.3 Å². The molecule has 174 valence electrons. The van der Waals surface area contributed by atoms with E-state index in [0.29, 0.717) is 29.7 Å². The van der Waals surface area contributed by atoms with Crippen molar-refractivity contribution in [3.8, 4) is 0 Å². The minimum absolute atomic E-state index is 0.176. The molecule has 0 spiro atoms. The number of hydrogen-bond acceptors (Lipinski definition) is 5. The fraction of sp³-hybridized carbons (Fsp3) is 0.348. The SMILES string of the molecule is Cc1cc2cnn(CC(F)F)c2cc1N(CC(=O)O)CC(=O)N(C)N1Cc2ccccc2C1.